The van der Waals surface area contributed by atoms with E-state index in [9.17, 15) is 20.0 Å². The number of nitrogens with one attached hydrogen (secondary N) is 1. The molecule has 0 aromatic heterocycles. The predicted molar refractivity (Wildman–Crippen MR) is 79.6 cm³/mol. The zero-order chi connectivity index (χ0) is 15.6. The zero-order valence-electron chi connectivity index (χ0n) is 12.2. The number of nitro benzene ring substituents is 1. The first kappa shape index (κ1) is 15.3. The van der Waals surface area contributed by atoms with Crippen LogP contribution in [0.15, 0.2) is 18.2 Å². The number of carbonyl (C=O) groups is 1. The average Bonchev–Trinajstić information content (AvgIpc) is 2.43. The third kappa shape index (κ3) is 3.32. The van der Waals surface area contributed by atoms with Gasteiger partial charge in [0, 0.05) is 18.2 Å². The van der Waals surface area contributed by atoms with Crippen LogP contribution in [0.2, 0.25) is 0 Å². The topological polar surface area (TPSA) is 92.5 Å². The molecule has 1 fully saturated rings. The van der Waals surface area contributed by atoms with Crippen LogP contribution in [0.1, 0.15) is 43.5 Å². The van der Waals surface area contributed by atoms with Crippen LogP contribution in [0.5, 0.6) is 0 Å². The molecule has 2 N–H and O–H groups in total. The van der Waals surface area contributed by atoms with Crippen molar-refractivity contribution in [2.24, 2.45) is 11.8 Å². The summed E-state index contributed by atoms with van der Waals surface area (Å²) < 4.78 is 0. The van der Waals surface area contributed by atoms with Gasteiger partial charge in [-0.25, -0.2) is 4.79 Å². The van der Waals surface area contributed by atoms with Crippen LogP contribution in [0.3, 0.4) is 0 Å². The first-order valence-electron chi connectivity index (χ1n) is 7.18. The first-order chi connectivity index (χ1) is 9.90. The molecule has 21 heavy (non-hydrogen) atoms. The van der Waals surface area contributed by atoms with Crippen LogP contribution in [0, 0.1) is 22.0 Å². The number of carboxylic acids is 1. The molecule has 3 unspecified atom stereocenters. The molecule has 2 rings (SSSR count). The largest absolute Gasteiger partial charge is 0.478 e. The number of nitrogens with zero attached hydrogens (tertiary/aromatic N) is 1. The van der Waals surface area contributed by atoms with E-state index in [1.807, 2.05) is 0 Å². The van der Waals surface area contributed by atoms with E-state index >= 15 is 0 Å². The predicted octanol–water partition coefficient (Wildman–Crippen LogP) is 3.53. The number of non-ortho nitro benzene ring substituents is 1. The van der Waals surface area contributed by atoms with Crippen molar-refractivity contribution in [3.05, 3.63) is 33.9 Å². The highest BCUT2D eigenvalue weighted by Crippen LogP contribution is 2.33. The summed E-state index contributed by atoms with van der Waals surface area (Å²) in [6.07, 6.45) is 3.20. The third-order valence-corrected chi connectivity index (χ3v) is 4.49. The Morgan fingerprint density at radius 3 is 2.71 bits per heavy atom. The summed E-state index contributed by atoms with van der Waals surface area (Å²) in [5.74, 6) is -0.119. The maximum atomic E-state index is 11.3. The lowest BCUT2D eigenvalue weighted by molar-refractivity contribution is -0.384. The summed E-state index contributed by atoms with van der Waals surface area (Å²) >= 11 is 0. The molecule has 1 aliphatic rings. The molecule has 6 heteroatoms. The molecule has 0 spiro atoms. The van der Waals surface area contributed by atoms with E-state index in [0.29, 0.717) is 17.5 Å². The van der Waals surface area contributed by atoms with Gasteiger partial charge in [0.1, 0.15) is 0 Å². The fourth-order valence-corrected chi connectivity index (χ4v) is 2.94. The Hall–Kier alpha value is -2.11. The van der Waals surface area contributed by atoms with E-state index in [-0.39, 0.29) is 17.3 Å². The van der Waals surface area contributed by atoms with Gasteiger partial charge >= 0.3 is 5.97 Å². The molecule has 0 bridgehead atoms. The zero-order valence-corrected chi connectivity index (χ0v) is 12.2. The van der Waals surface area contributed by atoms with Gasteiger partial charge in [0.15, 0.2) is 0 Å². The second kappa shape index (κ2) is 6.11. The van der Waals surface area contributed by atoms with Crippen molar-refractivity contribution < 1.29 is 14.8 Å². The maximum absolute atomic E-state index is 11.3. The van der Waals surface area contributed by atoms with Crippen molar-refractivity contribution in [1.82, 2.24) is 0 Å². The maximum Gasteiger partial charge on any atom is 0.337 e. The van der Waals surface area contributed by atoms with Crippen LogP contribution in [0.25, 0.3) is 0 Å². The van der Waals surface area contributed by atoms with E-state index in [1.54, 1.807) is 0 Å². The molecule has 114 valence electrons. The van der Waals surface area contributed by atoms with E-state index in [0.717, 1.165) is 12.8 Å². The van der Waals surface area contributed by atoms with E-state index in [2.05, 4.69) is 19.2 Å². The minimum atomic E-state index is -1.08. The standard InChI is InChI=1S/C15H20N2O4/c1-9-4-3-5-13(10(9)2)16-14-8-11(17(20)21)6-7-12(14)15(18)19/h6-10,13,16H,3-5H2,1-2H3,(H,18,19). The molecular weight excluding hydrogens is 272 g/mol. The van der Waals surface area contributed by atoms with E-state index in [1.165, 1.54) is 24.6 Å². The number of rotatable bonds is 4. The second-order valence-corrected chi connectivity index (χ2v) is 5.81. The minimum Gasteiger partial charge on any atom is -0.478 e. The fourth-order valence-electron chi connectivity index (χ4n) is 2.94. The summed E-state index contributed by atoms with van der Waals surface area (Å²) in [5.41, 5.74) is 0.313. The quantitative estimate of drug-likeness (QED) is 0.654. The van der Waals surface area contributed by atoms with Crippen LogP contribution in [-0.4, -0.2) is 22.0 Å². The normalized spacial score (nSPS) is 25.3. The van der Waals surface area contributed by atoms with Gasteiger partial charge in [0.05, 0.1) is 16.2 Å². The molecule has 0 aliphatic heterocycles. The van der Waals surface area contributed by atoms with Crippen LogP contribution >= 0.6 is 0 Å². The van der Waals surface area contributed by atoms with Gasteiger partial charge < -0.3 is 10.4 Å². The number of hydrogen-bond acceptors (Lipinski definition) is 4. The fraction of sp³-hybridized carbons (Fsp3) is 0.533. The molecule has 6 nitrogen and oxygen atoms in total. The summed E-state index contributed by atoms with van der Waals surface area (Å²) in [5, 5.41) is 23.3. The SMILES string of the molecule is CC1CCCC(Nc2cc([N+](=O)[O-])ccc2C(=O)O)C1C. The molecule has 1 saturated carbocycles. The number of hydrogen-bond donors (Lipinski definition) is 2. The molecule has 3 atom stereocenters. The Bertz CT molecular complexity index is 559. The van der Waals surface area contributed by atoms with Gasteiger partial charge in [-0.15, -0.1) is 0 Å². The van der Waals surface area contributed by atoms with Gasteiger partial charge in [-0.05, 0) is 24.3 Å². The summed E-state index contributed by atoms with van der Waals surface area (Å²) in [7, 11) is 0. The first-order valence-corrected chi connectivity index (χ1v) is 7.18. The van der Waals surface area contributed by atoms with Gasteiger partial charge in [0.25, 0.3) is 5.69 Å². The Balaban J connectivity index is 2.30. The van der Waals surface area contributed by atoms with E-state index < -0.39 is 10.9 Å². The summed E-state index contributed by atoms with van der Waals surface area (Å²) in [6, 6.07) is 3.98. The number of nitro groups is 1. The second-order valence-electron chi connectivity index (χ2n) is 5.81. The van der Waals surface area contributed by atoms with Gasteiger partial charge in [0.2, 0.25) is 0 Å². The molecular formula is C15H20N2O4. The van der Waals surface area contributed by atoms with Crippen LogP contribution in [-0.2, 0) is 0 Å². The van der Waals surface area contributed by atoms with Crippen molar-refractivity contribution in [3.8, 4) is 0 Å². The molecule has 0 heterocycles. The lowest BCUT2D eigenvalue weighted by Crippen LogP contribution is -2.35. The van der Waals surface area contributed by atoms with Crippen LogP contribution < -0.4 is 5.32 Å². The van der Waals surface area contributed by atoms with Crippen molar-refractivity contribution in [3.63, 3.8) is 0 Å². The van der Waals surface area contributed by atoms with Crippen molar-refractivity contribution in [2.75, 3.05) is 5.32 Å². The number of benzene rings is 1. The van der Waals surface area contributed by atoms with Gasteiger partial charge in [-0.2, -0.15) is 0 Å². The molecule has 1 aromatic rings. The van der Waals surface area contributed by atoms with Crippen molar-refractivity contribution in [1.29, 1.82) is 0 Å². The highest BCUT2D eigenvalue weighted by molar-refractivity contribution is 5.94. The number of anilines is 1. The number of carboxylic acid groups (broad SMARTS) is 1. The average molecular weight is 292 g/mol. The van der Waals surface area contributed by atoms with Crippen LogP contribution in [0.4, 0.5) is 11.4 Å². The molecule has 1 aliphatic carbocycles. The smallest absolute Gasteiger partial charge is 0.337 e. The Labute approximate surface area is 123 Å². The van der Waals surface area contributed by atoms with Crippen molar-refractivity contribution in [2.45, 2.75) is 39.2 Å². The monoisotopic (exact) mass is 292 g/mol. The minimum absolute atomic E-state index is 0.0750. The Kier molecular flexibility index (Phi) is 4.45. The Morgan fingerprint density at radius 2 is 2.10 bits per heavy atom. The Morgan fingerprint density at radius 1 is 1.38 bits per heavy atom. The van der Waals surface area contributed by atoms with Gasteiger partial charge in [-0.1, -0.05) is 26.7 Å². The van der Waals surface area contributed by atoms with Gasteiger partial charge in [-0.3, -0.25) is 10.1 Å². The molecule has 0 amide bonds. The highest BCUT2D eigenvalue weighted by atomic mass is 16.6. The number of aromatic carboxylic acids is 1. The van der Waals surface area contributed by atoms with E-state index in [4.69, 9.17) is 0 Å². The highest BCUT2D eigenvalue weighted by Gasteiger charge is 2.28. The molecule has 0 saturated heterocycles. The third-order valence-electron chi connectivity index (χ3n) is 4.49. The molecule has 0 radical (unpaired) electrons. The lowest BCUT2D eigenvalue weighted by Gasteiger charge is -2.35. The lowest BCUT2D eigenvalue weighted by atomic mass is 9.78. The summed E-state index contributed by atoms with van der Waals surface area (Å²) in [4.78, 5) is 21.6. The van der Waals surface area contributed by atoms with Crippen molar-refractivity contribution >= 4 is 17.3 Å². The summed E-state index contributed by atoms with van der Waals surface area (Å²) in [6.45, 7) is 4.32. The molecule has 1 aromatic carbocycles.